The summed E-state index contributed by atoms with van der Waals surface area (Å²) in [5.41, 5.74) is 6.05. The highest BCUT2D eigenvalue weighted by atomic mass is 32.2. The van der Waals surface area contributed by atoms with Gasteiger partial charge in [-0.1, -0.05) is 62.4 Å². The molecule has 10 rings (SSSR count). The Kier molecular flexibility index (Phi) is 6.61. The van der Waals surface area contributed by atoms with Gasteiger partial charge in [-0.15, -0.1) is 0 Å². The van der Waals surface area contributed by atoms with Crippen molar-refractivity contribution in [2.75, 3.05) is 6.61 Å². The molecule has 45 heavy (non-hydrogen) atoms. The molecule has 0 spiro atoms. The zero-order valence-electron chi connectivity index (χ0n) is 26.3. The van der Waals surface area contributed by atoms with Crippen LogP contribution in [0.4, 0.5) is 0 Å². The first-order valence-electron chi connectivity index (χ1n) is 16.6. The summed E-state index contributed by atoms with van der Waals surface area (Å²) in [6, 6.07) is 20.6. The molecule has 6 bridgehead atoms. The summed E-state index contributed by atoms with van der Waals surface area (Å²) >= 11 is 0. The Morgan fingerprint density at radius 1 is 0.911 bits per heavy atom. The third-order valence-corrected chi connectivity index (χ3v) is 12.7. The summed E-state index contributed by atoms with van der Waals surface area (Å²) < 4.78 is 47.5. The van der Waals surface area contributed by atoms with Crippen LogP contribution in [-0.4, -0.2) is 31.1 Å². The molecule has 3 unspecified atom stereocenters. The molecule has 0 heterocycles. The van der Waals surface area contributed by atoms with Crippen molar-refractivity contribution in [3.8, 4) is 5.75 Å². The highest BCUT2D eigenvalue weighted by molar-refractivity contribution is 7.85. The fraction of sp³-hybridized carbons (Fsp3) is 0.500. The monoisotopic (exact) mass is 626 g/mol. The van der Waals surface area contributed by atoms with Gasteiger partial charge in [0.05, 0.1) is 17.4 Å². The van der Waals surface area contributed by atoms with E-state index in [1.807, 2.05) is 26.8 Å². The number of aryl methyl sites for hydroxylation is 1. The van der Waals surface area contributed by atoms with Gasteiger partial charge in [-0.2, -0.15) is 8.42 Å². The van der Waals surface area contributed by atoms with Gasteiger partial charge in [0.25, 0.3) is 10.1 Å². The lowest BCUT2D eigenvalue weighted by atomic mass is 9.48. The summed E-state index contributed by atoms with van der Waals surface area (Å²) in [6.07, 6.45) is 6.87. The maximum atomic E-state index is 14.0. The zero-order valence-corrected chi connectivity index (χ0v) is 27.1. The Balaban J connectivity index is 1.04. The molecule has 4 saturated carbocycles. The number of esters is 1. The van der Waals surface area contributed by atoms with Crippen molar-refractivity contribution in [1.29, 1.82) is 0 Å². The number of ether oxygens (including phenoxy) is 2. The number of rotatable bonds is 7. The largest absolute Gasteiger partial charge is 0.487 e. The second kappa shape index (κ2) is 10.2. The molecule has 3 aromatic rings. The molecule has 4 fully saturated rings. The fourth-order valence-electron chi connectivity index (χ4n) is 10.5. The molecule has 0 amide bonds. The number of hydrogen-bond acceptors (Lipinski definition) is 5. The maximum absolute atomic E-state index is 14.0. The minimum Gasteiger partial charge on any atom is -0.487 e. The van der Waals surface area contributed by atoms with E-state index in [0.29, 0.717) is 35.3 Å². The summed E-state index contributed by atoms with van der Waals surface area (Å²) in [5.74, 6) is 1.65. The SMILES string of the molecule is Cc1cc(S(=O)(=O)O)c(C(C)C)cc1OC12CC3CC(CC(COC(=O)C4CC5c6ccccc6C4c4ccccc45)(C3)C1)C2. The maximum Gasteiger partial charge on any atom is 0.309 e. The van der Waals surface area contributed by atoms with Crippen LogP contribution in [0.2, 0.25) is 0 Å². The van der Waals surface area contributed by atoms with E-state index in [0.717, 1.165) is 38.5 Å². The second-order valence-electron chi connectivity index (χ2n) is 15.3. The van der Waals surface area contributed by atoms with Crippen LogP contribution in [0, 0.1) is 30.1 Å². The second-order valence-corrected chi connectivity index (χ2v) is 16.7. The predicted molar refractivity (Wildman–Crippen MR) is 171 cm³/mol. The molecule has 7 heteroatoms. The highest BCUT2D eigenvalue weighted by Gasteiger charge is 2.60. The summed E-state index contributed by atoms with van der Waals surface area (Å²) in [4.78, 5) is 14.0. The molecule has 7 aliphatic carbocycles. The molecule has 0 radical (unpaired) electrons. The third kappa shape index (κ3) is 4.75. The Morgan fingerprint density at radius 3 is 2.09 bits per heavy atom. The van der Waals surface area contributed by atoms with Gasteiger partial charge >= 0.3 is 5.97 Å². The topological polar surface area (TPSA) is 89.9 Å². The van der Waals surface area contributed by atoms with Crippen molar-refractivity contribution in [2.45, 2.75) is 94.0 Å². The summed E-state index contributed by atoms with van der Waals surface area (Å²) in [6.45, 7) is 6.12. The average molecular weight is 627 g/mol. The quantitative estimate of drug-likeness (QED) is 0.212. The molecule has 3 atom stereocenters. The van der Waals surface area contributed by atoms with Crippen molar-refractivity contribution in [3.05, 3.63) is 94.0 Å². The van der Waals surface area contributed by atoms with E-state index < -0.39 is 10.1 Å². The average Bonchev–Trinajstić information content (AvgIpc) is 2.99. The molecule has 1 N–H and O–H groups in total. The summed E-state index contributed by atoms with van der Waals surface area (Å²) in [7, 11) is -4.35. The Morgan fingerprint density at radius 2 is 1.51 bits per heavy atom. The smallest absolute Gasteiger partial charge is 0.309 e. The van der Waals surface area contributed by atoms with Gasteiger partial charge in [-0.3, -0.25) is 9.35 Å². The third-order valence-electron chi connectivity index (χ3n) is 11.8. The lowest BCUT2D eigenvalue weighted by Gasteiger charge is -2.61. The van der Waals surface area contributed by atoms with Gasteiger partial charge in [0.2, 0.25) is 0 Å². The molecular formula is C38H42O6S. The van der Waals surface area contributed by atoms with Crippen LogP contribution in [0.25, 0.3) is 0 Å². The Labute approximate surface area is 266 Å². The standard InChI is InChI=1S/C38H42O6S/c1-22(2)30-15-33(23(3)12-34(30)45(40,41)42)44-38-18-24-13-25(19-38)17-37(16-24,20-38)21-43-36(39)32-14-31-26-8-4-6-10-28(26)35(32)29-11-7-5-9-27(29)31/h4-12,15,22,24-25,31-32,35H,13-14,16-21H2,1-3H3,(H,40,41,42). The molecule has 6 nitrogen and oxygen atoms in total. The zero-order chi connectivity index (χ0) is 31.3. The van der Waals surface area contributed by atoms with Crippen LogP contribution in [0.1, 0.15) is 110 Å². The first kappa shape index (κ1) is 29.3. The van der Waals surface area contributed by atoms with Gasteiger partial charge in [-0.05, 0) is 115 Å². The van der Waals surface area contributed by atoms with Crippen molar-refractivity contribution in [3.63, 3.8) is 0 Å². The van der Waals surface area contributed by atoms with E-state index >= 15 is 0 Å². The van der Waals surface area contributed by atoms with Crippen LogP contribution < -0.4 is 4.74 Å². The Bertz CT molecular complexity index is 1750. The van der Waals surface area contributed by atoms with Crippen LogP contribution >= 0.6 is 0 Å². The van der Waals surface area contributed by atoms with Crippen molar-refractivity contribution >= 4 is 16.1 Å². The number of hydrogen-bond donors (Lipinski definition) is 1. The molecular weight excluding hydrogens is 584 g/mol. The van der Waals surface area contributed by atoms with E-state index in [2.05, 4.69) is 48.5 Å². The molecule has 3 aromatic carbocycles. The predicted octanol–water partition coefficient (Wildman–Crippen LogP) is 7.92. The first-order valence-corrected chi connectivity index (χ1v) is 18.0. The van der Waals surface area contributed by atoms with Gasteiger partial charge in [0.15, 0.2) is 0 Å². The minimum absolute atomic E-state index is 0.0322. The van der Waals surface area contributed by atoms with Gasteiger partial charge in [0, 0.05) is 17.3 Å². The normalized spacial score (nSPS) is 32.3. The van der Waals surface area contributed by atoms with Gasteiger partial charge < -0.3 is 9.47 Å². The van der Waals surface area contributed by atoms with Crippen molar-refractivity contribution in [1.82, 2.24) is 0 Å². The van der Waals surface area contributed by atoms with Crippen LogP contribution in [0.15, 0.2) is 65.6 Å². The Hall–Kier alpha value is -3.16. The first-order chi connectivity index (χ1) is 21.4. The van der Waals surface area contributed by atoms with Gasteiger partial charge in [0.1, 0.15) is 11.4 Å². The molecule has 236 valence electrons. The van der Waals surface area contributed by atoms with Crippen LogP contribution in [-0.2, 0) is 19.6 Å². The lowest BCUT2D eigenvalue weighted by molar-refractivity contribution is -0.181. The van der Waals surface area contributed by atoms with E-state index in [-0.39, 0.29) is 45.6 Å². The molecule has 0 saturated heterocycles. The van der Waals surface area contributed by atoms with E-state index in [1.54, 1.807) is 6.07 Å². The minimum atomic E-state index is -4.35. The van der Waals surface area contributed by atoms with Crippen molar-refractivity contribution in [2.24, 2.45) is 23.2 Å². The highest BCUT2D eigenvalue weighted by Crippen LogP contribution is 2.63. The summed E-state index contributed by atoms with van der Waals surface area (Å²) in [5, 5.41) is 0. The fourth-order valence-corrected chi connectivity index (χ4v) is 11.5. The lowest BCUT2D eigenvalue weighted by Crippen LogP contribution is -2.59. The molecule has 0 aromatic heterocycles. The number of carbonyl (C=O) groups excluding carboxylic acids is 1. The van der Waals surface area contributed by atoms with Crippen LogP contribution in [0.3, 0.4) is 0 Å². The number of carbonyl (C=O) groups is 1. The molecule has 7 aliphatic rings. The van der Waals surface area contributed by atoms with Gasteiger partial charge in [-0.25, -0.2) is 0 Å². The van der Waals surface area contributed by atoms with E-state index in [1.165, 1.54) is 28.7 Å². The number of benzene rings is 3. The van der Waals surface area contributed by atoms with E-state index in [4.69, 9.17) is 9.47 Å². The van der Waals surface area contributed by atoms with Crippen LogP contribution in [0.5, 0.6) is 5.75 Å². The molecule has 0 aliphatic heterocycles. The van der Waals surface area contributed by atoms with E-state index in [9.17, 15) is 17.8 Å². The van der Waals surface area contributed by atoms with Crippen molar-refractivity contribution < 1.29 is 27.2 Å². The number of fused-ring (bicyclic) bond motifs is 1.